The second-order valence-electron chi connectivity index (χ2n) is 4.94. The van der Waals surface area contributed by atoms with Crippen LogP contribution in [0, 0.1) is 0 Å². The van der Waals surface area contributed by atoms with Gasteiger partial charge in [0.05, 0.1) is 5.00 Å². The Kier molecular flexibility index (Phi) is 2.06. The van der Waals surface area contributed by atoms with E-state index in [4.69, 9.17) is 5.73 Å². The molecule has 0 amide bonds. The first-order chi connectivity index (χ1) is 9.78. The number of thiophene rings is 3. The van der Waals surface area contributed by atoms with Crippen LogP contribution in [0.1, 0.15) is 0 Å². The lowest BCUT2D eigenvalue weighted by atomic mass is 10.1. The zero-order valence-electron chi connectivity index (χ0n) is 10.3. The third-order valence-electron chi connectivity index (χ3n) is 3.70. The molecule has 20 heavy (non-hydrogen) atoms. The first kappa shape index (κ1) is 11.1. The maximum Gasteiger partial charge on any atom is 0.0868 e. The van der Waals surface area contributed by atoms with Crippen molar-refractivity contribution in [3.63, 3.8) is 0 Å². The van der Waals surface area contributed by atoms with E-state index in [2.05, 4.69) is 41.8 Å². The second-order valence-corrected chi connectivity index (χ2v) is 8.09. The van der Waals surface area contributed by atoms with Gasteiger partial charge in [0.2, 0.25) is 0 Å². The molecule has 0 atom stereocenters. The molecule has 0 unspecified atom stereocenters. The summed E-state index contributed by atoms with van der Waals surface area (Å²) in [6.45, 7) is 0. The monoisotopic (exact) mass is 311 g/mol. The van der Waals surface area contributed by atoms with Crippen molar-refractivity contribution in [2.75, 3.05) is 5.73 Å². The van der Waals surface area contributed by atoms with Gasteiger partial charge in [0.15, 0.2) is 0 Å². The van der Waals surface area contributed by atoms with Crippen molar-refractivity contribution in [3.8, 4) is 0 Å². The lowest BCUT2D eigenvalue weighted by Gasteiger charge is -1.94. The molecule has 0 saturated heterocycles. The molecule has 0 fully saturated rings. The first-order valence-electron chi connectivity index (χ1n) is 6.30. The fourth-order valence-corrected chi connectivity index (χ4v) is 5.61. The average Bonchev–Trinajstić information content (AvgIpc) is 3.08. The van der Waals surface area contributed by atoms with Crippen LogP contribution in [0.3, 0.4) is 0 Å². The molecule has 0 radical (unpaired) electrons. The zero-order valence-corrected chi connectivity index (χ0v) is 12.8. The molecular formula is C16H9NS3. The molecule has 1 nitrogen and oxygen atoms in total. The predicted octanol–water partition coefficient (Wildman–Crippen LogP) is 6.07. The number of benzene rings is 2. The molecule has 2 aromatic carbocycles. The van der Waals surface area contributed by atoms with Crippen LogP contribution in [0.5, 0.6) is 0 Å². The molecular weight excluding hydrogens is 302 g/mol. The molecule has 0 spiro atoms. The van der Waals surface area contributed by atoms with Gasteiger partial charge >= 0.3 is 0 Å². The Morgan fingerprint density at radius 2 is 1.45 bits per heavy atom. The Morgan fingerprint density at radius 1 is 0.700 bits per heavy atom. The van der Waals surface area contributed by atoms with Crippen molar-refractivity contribution in [2.24, 2.45) is 0 Å². The summed E-state index contributed by atoms with van der Waals surface area (Å²) in [6.07, 6.45) is 0. The van der Waals surface area contributed by atoms with Gasteiger partial charge in [-0.05, 0) is 52.6 Å². The van der Waals surface area contributed by atoms with Crippen LogP contribution in [0.25, 0.3) is 40.3 Å². The molecule has 5 rings (SSSR count). The van der Waals surface area contributed by atoms with Gasteiger partial charge in [-0.15, -0.1) is 34.0 Å². The van der Waals surface area contributed by atoms with Gasteiger partial charge in [0.1, 0.15) is 0 Å². The van der Waals surface area contributed by atoms with E-state index < -0.39 is 0 Å². The Hall–Kier alpha value is -1.62. The highest BCUT2D eigenvalue weighted by atomic mass is 32.1. The van der Waals surface area contributed by atoms with Crippen LogP contribution in [0.4, 0.5) is 5.00 Å². The molecule has 0 saturated carbocycles. The quantitative estimate of drug-likeness (QED) is 0.369. The summed E-state index contributed by atoms with van der Waals surface area (Å²) >= 11 is 5.35. The molecule has 0 aliphatic carbocycles. The Labute approximate surface area is 126 Å². The van der Waals surface area contributed by atoms with Gasteiger partial charge in [0, 0.05) is 29.6 Å². The zero-order chi connectivity index (χ0) is 13.3. The Bertz CT molecular complexity index is 1110. The third kappa shape index (κ3) is 1.41. The van der Waals surface area contributed by atoms with Crippen molar-refractivity contribution in [1.29, 1.82) is 0 Å². The van der Waals surface area contributed by atoms with Crippen LogP contribution in [-0.2, 0) is 0 Å². The molecule has 0 aliphatic heterocycles. The standard InChI is InChI=1S/C16H9NS3/c17-16-5-9-4-15-11(7-13(9)20-16)10-6-12-8(1-2-18-12)3-14(10)19-15/h1-7H,17H2. The lowest BCUT2D eigenvalue weighted by molar-refractivity contribution is 1.98. The van der Waals surface area contributed by atoms with E-state index in [-0.39, 0.29) is 0 Å². The van der Waals surface area contributed by atoms with E-state index in [1.807, 2.05) is 22.7 Å². The molecule has 3 heterocycles. The largest absolute Gasteiger partial charge is 0.391 e. The molecule has 4 heteroatoms. The lowest BCUT2D eigenvalue weighted by Crippen LogP contribution is -1.72. The van der Waals surface area contributed by atoms with E-state index >= 15 is 0 Å². The molecule has 96 valence electrons. The van der Waals surface area contributed by atoms with Gasteiger partial charge in [0.25, 0.3) is 0 Å². The SMILES string of the molecule is Nc1cc2cc3sc4cc5ccsc5cc4c3cc2s1. The van der Waals surface area contributed by atoms with Gasteiger partial charge in [-0.1, -0.05) is 0 Å². The van der Waals surface area contributed by atoms with Crippen LogP contribution >= 0.6 is 34.0 Å². The molecule has 0 bridgehead atoms. The fraction of sp³-hybridized carbons (Fsp3) is 0. The Balaban J connectivity index is 2.01. The minimum absolute atomic E-state index is 0.891. The van der Waals surface area contributed by atoms with Gasteiger partial charge in [-0.25, -0.2) is 0 Å². The van der Waals surface area contributed by atoms with Crippen molar-refractivity contribution >= 4 is 79.4 Å². The Morgan fingerprint density at radius 3 is 2.30 bits per heavy atom. The number of fused-ring (bicyclic) bond motifs is 5. The maximum absolute atomic E-state index is 5.92. The van der Waals surface area contributed by atoms with Gasteiger partial charge in [-0.2, -0.15) is 0 Å². The molecule has 5 aromatic rings. The highest BCUT2D eigenvalue weighted by molar-refractivity contribution is 7.26. The minimum atomic E-state index is 0.891. The van der Waals surface area contributed by atoms with Crippen molar-refractivity contribution in [2.45, 2.75) is 0 Å². The van der Waals surface area contributed by atoms with E-state index in [1.165, 1.54) is 40.3 Å². The van der Waals surface area contributed by atoms with E-state index in [0.717, 1.165) is 5.00 Å². The molecule has 0 aliphatic rings. The van der Waals surface area contributed by atoms with E-state index in [1.54, 1.807) is 11.3 Å². The number of hydrogen-bond donors (Lipinski definition) is 1. The van der Waals surface area contributed by atoms with Crippen molar-refractivity contribution in [1.82, 2.24) is 0 Å². The highest BCUT2D eigenvalue weighted by Gasteiger charge is 2.09. The van der Waals surface area contributed by atoms with Crippen LogP contribution < -0.4 is 5.73 Å². The molecule has 2 N–H and O–H groups in total. The van der Waals surface area contributed by atoms with Gasteiger partial charge < -0.3 is 5.73 Å². The number of nitrogens with two attached hydrogens (primary N) is 1. The van der Waals surface area contributed by atoms with Crippen molar-refractivity contribution in [3.05, 3.63) is 41.8 Å². The summed E-state index contributed by atoms with van der Waals surface area (Å²) in [7, 11) is 0. The van der Waals surface area contributed by atoms with Gasteiger partial charge in [-0.3, -0.25) is 0 Å². The van der Waals surface area contributed by atoms with E-state index in [9.17, 15) is 0 Å². The summed E-state index contributed by atoms with van der Waals surface area (Å²) in [5, 5.41) is 8.38. The number of hydrogen-bond acceptors (Lipinski definition) is 4. The van der Waals surface area contributed by atoms with Crippen LogP contribution in [0.2, 0.25) is 0 Å². The summed E-state index contributed by atoms with van der Waals surface area (Å²) in [5.41, 5.74) is 5.92. The van der Waals surface area contributed by atoms with Crippen LogP contribution in [0.15, 0.2) is 41.8 Å². The average molecular weight is 311 g/mol. The number of anilines is 1. The van der Waals surface area contributed by atoms with Crippen molar-refractivity contribution < 1.29 is 0 Å². The summed E-state index contributed by atoms with van der Waals surface area (Å²) in [4.78, 5) is 0. The van der Waals surface area contributed by atoms with E-state index in [0.29, 0.717) is 0 Å². The summed E-state index contributed by atoms with van der Waals surface area (Å²) < 4.78 is 5.36. The minimum Gasteiger partial charge on any atom is -0.391 e. The third-order valence-corrected chi connectivity index (χ3v) is 6.62. The predicted molar refractivity (Wildman–Crippen MR) is 94.5 cm³/mol. The highest BCUT2D eigenvalue weighted by Crippen LogP contribution is 2.41. The first-order valence-corrected chi connectivity index (χ1v) is 8.82. The number of nitrogen functional groups attached to an aromatic ring is 1. The second kappa shape index (κ2) is 3.73. The van der Waals surface area contributed by atoms with Crippen LogP contribution in [-0.4, -0.2) is 0 Å². The maximum atomic E-state index is 5.92. The fourth-order valence-electron chi connectivity index (χ4n) is 2.78. The summed E-state index contributed by atoms with van der Waals surface area (Å²) in [6, 6.07) is 13.5. The topological polar surface area (TPSA) is 26.0 Å². The smallest absolute Gasteiger partial charge is 0.0868 e. The summed E-state index contributed by atoms with van der Waals surface area (Å²) in [5.74, 6) is 0. The normalized spacial score (nSPS) is 12.2. The molecule has 3 aromatic heterocycles. The number of rotatable bonds is 0.